The van der Waals surface area contributed by atoms with Crippen molar-refractivity contribution in [1.82, 2.24) is 24.6 Å². The van der Waals surface area contributed by atoms with Crippen molar-refractivity contribution in [3.63, 3.8) is 0 Å². The van der Waals surface area contributed by atoms with E-state index in [0.717, 1.165) is 6.07 Å². The summed E-state index contributed by atoms with van der Waals surface area (Å²) >= 11 is 12.4. The van der Waals surface area contributed by atoms with Crippen molar-refractivity contribution in [1.29, 1.82) is 0 Å². The second-order valence-electron chi connectivity index (χ2n) is 6.33. The molecule has 3 aromatic rings. The monoisotopic (exact) mass is 434 g/mol. The maximum absolute atomic E-state index is 12.9. The summed E-state index contributed by atoms with van der Waals surface area (Å²) in [6.45, 7) is 3.57. The fraction of sp³-hybridized carbons (Fsp3) is 0.375. The second kappa shape index (κ2) is 7.69. The van der Waals surface area contributed by atoms with Crippen molar-refractivity contribution >= 4 is 34.8 Å². The first kappa shape index (κ1) is 20.6. The average Bonchev–Trinajstić information content (AvgIpc) is 3.06. The topological polar surface area (TPSA) is 88.2 Å². The largest absolute Gasteiger partial charge is 0.417 e. The molecule has 3 heterocycles. The molecule has 3 rings (SSSR count). The molecule has 0 aliphatic carbocycles. The SMILES string of the molecule is CC(C)C(CO)Nc1c(-c2ncc(C(F)(F)F)cc2Cl)c(Cl)nc2ncnn12. The van der Waals surface area contributed by atoms with Gasteiger partial charge in [0, 0.05) is 6.20 Å². The lowest BCUT2D eigenvalue weighted by molar-refractivity contribution is -0.137. The molecule has 0 saturated heterocycles. The van der Waals surface area contributed by atoms with Crippen molar-refractivity contribution in [2.24, 2.45) is 5.92 Å². The van der Waals surface area contributed by atoms with E-state index in [9.17, 15) is 18.3 Å². The maximum Gasteiger partial charge on any atom is 0.417 e. The van der Waals surface area contributed by atoms with Crippen LogP contribution in [0.15, 0.2) is 18.6 Å². The molecule has 0 aliphatic heterocycles. The Morgan fingerprint density at radius 3 is 2.54 bits per heavy atom. The zero-order valence-corrected chi connectivity index (χ0v) is 16.2. The second-order valence-corrected chi connectivity index (χ2v) is 7.09. The van der Waals surface area contributed by atoms with E-state index in [0.29, 0.717) is 6.20 Å². The molecule has 150 valence electrons. The minimum atomic E-state index is -4.59. The Bertz CT molecular complexity index is 1010. The van der Waals surface area contributed by atoms with Crippen LogP contribution in [0, 0.1) is 5.92 Å². The van der Waals surface area contributed by atoms with E-state index in [1.165, 1.54) is 10.8 Å². The van der Waals surface area contributed by atoms with Crippen LogP contribution in [0.4, 0.5) is 19.0 Å². The number of halogens is 5. The number of rotatable bonds is 5. The van der Waals surface area contributed by atoms with Gasteiger partial charge in [-0.3, -0.25) is 4.98 Å². The van der Waals surface area contributed by atoms with Crippen molar-refractivity contribution in [3.05, 3.63) is 34.3 Å². The molecule has 0 aromatic carbocycles. The number of nitrogens with one attached hydrogen (secondary N) is 1. The Morgan fingerprint density at radius 1 is 1.25 bits per heavy atom. The third-order valence-corrected chi connectivity index (χ3v) is 4.67. The number of hydrogen-bond acceptors (Lipinski definition) is 6. The van der Waals surface area contributed by atoms with Gasteiger partial charge in [0.15, 0.2) is 0 Å². The van der Waals surface area contributed by atoms with Gasteiger partial charge < -0.3 is 10.4 Å². The van der Waals surface area contributed by atoms with Crippen molar-refractivity contribution in [2.45, 2.75) is 26.1 Å². The van der Waals surface area contributed by atoms with Gasteiger partial charge in [-0.2, -0.15) is 32.8 Å². The highest BCUT2D eigenvalue weighted by molar-refractivity contribution is 6.36. The molecular weight excluding hydrogens is 420 g/mol. The van der Waals surface area contributed by atoms with Gasteiger partial charge in [0.05, 0.1) is 34.5 Å². The van der Waals surface area contributed by atoms with Crippen LogP contribution in [0.3, 0.4) is 0 Å². The fourth-order valence-corrected chi connectivity index (χ4v) is 3.05. The molecule has 0 fully saturated rings. The van der Waals surface area contributed by atoms with E-state index >= 15 is 0 Å². The minimum Gasteiger partial charge on any atom is -0.394 e. The molecule has 2 N–H and O–H groups in total. The molecule has 0 saturated carbocycles. The fourth-order valence-electron chi connectivity index (χ4n) is 2.54. The number of hydrogen-bond donors (Lipinski definition) is 2. The van der Waals surface area contributed by atoms with Crippen LogP contribution >= 0.6 is 23.2 Å². The van der Waals surface area contributed by atoms with Crippen LogP contribution in [0.1, 0.15) is 19.4 Å². The van der Waals surface area contributed by atoms with Gasteiger partial charge in [-0.15, -0.1) is 0 Å². The van der Waals surface area contributed by atoms with E-state index in [-0.39, 0.29) is 45.6 Å². The van der Waals surface area contributed by atoms with Crippen LogP contribution in [-0.2, 0) is 6.18 Å². The summed E-state index contributed by atoms with van der Waals surface area (Å²) in [5.74, 6) is 0.438. The van der Waals surface area contributed by atoms with Crippen LogP contribution in [-0.4, -0.2) is 42.3 Å². The third-order valence-electron chi connectivity index (χ3n) is 4.11. The first-order valence-corrected chi connectivity index (χ1v) is 8.88. The zero-order valence-electron chi connectivity index (χ0n) is 14.7. The first-order chi connectivity index (χ1) is 13.1. The molecule has 1 unspecified atom stereocenters. The lowest BCUT2D eigenvalue weighted by Gasteiger charge is -2.23. The summed E-state index contributed by atoms with van der Waals surface area (Å²) in [5.41, 5.74) is -0.845. The number of fused-ring (bicyclic) bond motifs is 1. The lowest BCUT2D eigenvalue weighted by Crippen LogP contribution is -2.31. The lowest BCUT2D eigenvalue weighted by atomic mass is 10.0. The van der Waals surface area contributed by atoms with E-state index in [2.05, 4.69) is 25.4 Å². The molecule has 0 amide bonds. The van der Waals surface area contributed by atoms with E-state index < -0.39 is 17.8 Å². The third kappa shape index (κ3) is 3.85. The molecule has 7 nitrogen and oxygen atoms in total. The number of aromatic nitrogens is 5. The number of alkyl halides is 3. The van der Waals surface area contributed by atoms with Crippen LogP contribution in [0.2, 0.25) is 10.2 Å². The number of pyridine rings is 1. The van der Waals surface area contributed by atoms with Gasteiger partial charge in [-0.1, -0.05) is 37.0 Å². The Labute approximate surface area is 167 Å². The molecule has 12 heteroatoms. The van der Waals surface area contributed by atoms with Crippen molar-refractivity contribution in [3.8, 4) is 11.3 Å². The number of aliphatic hydroxyl groups excluding tert-OH is 1. The highest BCUT2D eigenvalue weighted by atomic mass is 35.5. The van der Waals surface area contributed by atoms with Gasteiger partial charge in [0.1, 0.15) is 17.3 Å². The van der Waals surface area contributed by atoms with Gasteiger partial charge in [0.2, 0.25) is 0 Å². The smallest absolute Gasteiger partial charge is 0.394 e. The molecule has 0 spiro atoms. The number of aliphatic hydroxyl groups is 1. The molecule has 0 bridgehead atoms. The molecule has 1 atom stereocenters. The predicted molar refractivity (Wildman–Crippen MR) is 98.4 cm³/mol. The zero-order chi connectivity index (χ0) is 20.6. The summed E-state index contributed by atoms with van der Waals surface area (Å²) in [4.78, 5) is 11.9. The predicted octanol–water partition coefficient (Wildman–Crippen LogP) is 3.94. The molecule has 0 aliphatic rings. The highest BCUT2D eigenvalue weighted by Gasteiger charge is 2.32. The quantitative estimate of drug-likeness (QED) is 0.591. The average molecular weight is 435 g/mol. The molecule has 0 radical (unpaired) electrons. The van der Waals surface area contributed by atoms with Crippen LogP contribution in [0.5, 0.6) is 0 Å². The van der Waals surface area contributed by atoms with E-state index in [4.69, 9.17) is 23.2 Å². The summed E-state index contributed by atoms with van der Waals surface area (Å²) in [5, 5.41) is 16.5. The van der Waals surface area contributed by atoms with Crippen molar-refractivity contribution < 1.29 is 18.3 Å². The Morgan fingerprint density at radius 2 is 1.96 bits per heavy atom. The Hall–Kier alpha value is -2.17. The minimum absolute atomic E-state index is 0.00693. The van der Waals surface area contributed by atoms with Crippen LogP contribution < -0.4 is 5.32 Å². The standard InChI is InChI=1S/C16H15Cl2F3N6O/c1-7(2)10(5-28)25-14-11(13(18)26-15-23-6-24-27(14)15)12-9(17)3-8(4-22-12)16(19,20)21/h3-4,6-7,10,25,28H,5H2,1-2H3. The maximum atomic E-state index is 12.9. The highest BCUT2D eigenvalue weighted by Crippen LogP contribution is 2.39. The van der Waals surface area contributed by atoms with Gasteiger partial charge in [0.25, 0.3) is 5.78 Å². The summed E-state index contributed by atoms with van der Waals surface area (Å²) in [6.07, 6.45) is -2.68. The first-order valence-electron chi connectivity index (χ1n) is 8.13. The van der Waals surface area contributed by atoms with Gasteiger partial charge >= 0.3 is 6.18 Å². The summed E-state index contributed by atoms with van der Waals surface area (Å²) < 4.78 is 40.1. The van der Waals surface area contributed by atoms with Gasteiger partial charge in [-0.25, -0.2) is 0 Å². The normalized spacial score (nSPS) is 13.3. The molecular formula is C16H15Cl2F3N6O. The van der Waals surface area contributed by atoms with Crippen molar-refractivity contribution in [2.75, 3.05) is 11.9 Å². The molecule has 3 aromatic heterocycles. The summed E-state index contributed by atoms with van der Waals surface area (Å²) in [7, 11) is 0. The van der Waals surface area contributed by atoms with Gasteiger partial charge in [-0.05, 0) is 12.0 Å². The number of nitrogens with zero attached hydrogens (tertiary/aromatic N) is 5. The van der Waals surface area contributed by atoms with E-state index in [1.807, 2.05) is 13.8 Å². The summed E-state index contributed by atoms with van der Waals surface area (Å²) in [6, 6.07) is 0.361. The Kier molecular flexibility index (Phi) is 5.64. The Balaban J connectivity index is 2.23. The van der Waals surface area contributed by atoms with E-state index in [1.54, 1.807) is 0 Å². The molecule has 28 heavy (non-hydrogen) atoms. The number of anilines is 1. The van der Waals surface area contributed by atoms with Crippen LogP contribution in [0.25, 0.3) is 17.0 Å².